The summed E-state index contributed by atoms with van der Waals surface area (Å²) in [6.07, 6.45) is 0. The molecule has 0 atom stereocenters. The van der Waals surface area contributed by atoms with Crippen molar-refractivity contribution in [3.8, 4) is 0 Å². The van der Waals surface area contributed by atoms with Crippen LogP contribution in [0.5, 0.6) is 0 Å². The molecule has 0 aliphatic carbocycles. The molecular formula is C9H19NO3. The van der Waals surface area contributed by atoms with Gasteiger partial charge in [-0.15, -0.1) is 0 Å². The Balaban J connectivity index is 0.00000144. The summed E-state index contributed by atoms with van der Waals surface area (Å²) in [5.41, 5.74) is 0. The molecule has 0 radical (unpaired) electrons. The molecule has 0 amide bonds. The van der Waals surface area contributed by atoms with Crippen LogP contribution in [-0.4, -0.2) is 50.3 Å². The van der Waals surface area contributed by atoms with Crippen molar-refractivity contribution in [2.24, 2.45) is 0 Å². The number of rotatable bonds is 3. The van der Waals surface area contributed by atoms with E-state index in [9.17, 15) is 4.79 Å². The van der Waals surface area contributed by atoms with Gasteiger partial charge in [-0.1, -0.05) is 7.43 Å². The minimum atomic E-state index is -0.205. The van der Waals surface area contributed by atoms with Crippen LogP contribution >= 0.6 is 0 Å². The third-order valence-corrected chi connectivity index (χ3v) is 1.82. The van der Waals surface area contributed by atoms with E-state index >= 15 is 0 Å². The van der Waals surface area contributed by atoms with Crippen molar-refractivity contribution in [1.29, 1.82) is 0 Å². The van der Waals surface area contributed by atoms with Gasteiger partial charge in [0.25, 0.3) is 0 Å². The monoisotopic (exact) mass is 189 g/mol. The lowest BCUT2D eigenvalue weighted by Crippen LogP contribution is -2.38. The number of nitrogens with zero attached hydrogens (tertiary/aromatic N) is 1. The SMILES string of the molecule is C.CC(=O)OCCN1CCOCC1. The molecule has 0 bridgehead atoms. The van der Waals surface area contributed by atoms with Crippen molar-refractivity contribution < 1.29 is 14.3 Å². The second-order valence-corrected chi connectivity index (χ2v) is 2.79. The predicted octanol–water partition coefficient (Wildman–Crippen LogP) is 0.518. The van der Waals surface area contributed by atoms with Crippen LogP contribution in [0.4, 0.5) is 0 Å². The molecule has 78 valence electrons. The van der Waals surface area contributed by atoms with Gasteiger partial charge in [-0.25, -0.2) is 0 Å². The van der Waals surface area contributed by atoms with Crippen molar-refractivity contribution in [3.63, 3.8) is 0 Å². The van der Waals surface area contributed by atoms with Gasteiger partial charge in [0.15, 0.2) is 0 Å². The molecule has 4 heteroatoms. The Morgan fingerprint density at radius 1 is 1.46 bits per heavy atom. The number of hydrogen-bond acceptors (Lipinski definition) is 4. The minimum absolute atomic E-state index is 0. The quantitative estimate of drug-likeness (QED) is 0.607. The molecule has 0 aromatic rings. The van der Waals surface area contributed by atoms with Gasteiger partial charge in [0, 0.05) is 26.6 Å². The first-order valence-corrected chi connectivity index (χ1v) is 4.22. The topological polar surface area (TPSA) is 38.8 Å². The summed E-state index contributed by atoms with van der Waals surface area (Å²) in [7, 11) is 0. The normalized spacial score (nSPS) is 17.6. The Hall–Kier alpha value is -0.610. The average molecular weight is 189 g/mol. The van der Waals surface area contributed by atoms with E-state index in [2.05, 4.69) is 4.90 Å². The van der Waals surface area contributed by atoms with Crippen LogP contribution in [0.1, 0.15) is 14.4 Å². The Bertz CT molecular complexity index is 144. The van der Waals surface area contributed by atoms with E-state index in [0.717, 1.165) is 32.8 Å². The Labute approximate surface area is 79.8 Å². The molecule has 4 nitrogen and oxygen atoms in total. The van der Waals surface area contributed by atoms with Gasteiger partial charge >= 0.3 is 5.97 Å². The van der Waals surface area contributed by atoms with E-state index in [4.69, 9.17) is 9.47 Å². The molecule has 1 saturated heterocycles. The molecular weight excluding hydrogens is 170 g/mol. The maximum atomic E-state index is 10.4. The first-order chi connectivity index (χ1) is 5.79. The second kappa shape index (κ2) is 6.86. The highest BCUT2D eigenvalue weighted by atomic mass is 16.5. The summed E-state index contributed by atoms with van der Waals surface area (Å²) in [6, 6.07) is 0. The molecule has 1 fully saturated rings. The predicted molar refractivity (Wildman–Crippen MR) is 50.6 cm³/mol. The van der Waals surface area contributed by atoms with E-state index in [1.807, 2.05) is 0 Å². The van der Waals surface area contributed by atoms with Crippen molar-refractivity contribution in [2.75, 3.05) is 39.5 Å². The lowest BCUT2D eigenvalue weighted by Gasteiger charge is -2.25. The van der Waals surface area contributed by atoms with Crippen molar-refractivity contribution in [2.45, 2.75) is 14.4 Å². The number of esters is 1. The van der Waals surface area contributed by atoms with Crippen LogP contribution in [0.25, 0.3) is 0 Å². The third-order valence-electron chi connectivity index (χ3n) is 1.82. The van der Waals surface area contributed by atoms with Gasteiger partial charge in [-0.05, 0) is 0 Å². The van der Waals surface area contributed by atoms with Crippen LogP contribution in [0.2, 0.25) is 0 Å². The summed E-state index contributed by atoms with van der Waals surface area (Å²) in [6.45, 7) is 6.22. The summed E-state index contributed by atoms with van der Waals surface area (Å²) in [5, 5.41) is 0. The largest absolute Gasteiger partial charge is 0.465 e. The standard InChI is InChI=1S/C8H15NO3.CH4/c1-8(10)12-7-4-9-2-5-11-6-3-9;/h2-7H2,1H3;1H4. The highest BCUT2D eigenvalue weighted by Gasteiger charge is 2.09. The number of carbonyl (C=O) groups is 1. The van der Waals surface area contributed by atoms with Gasteiger partial charge in [0.05, 0.1) is 13.2 Å². The first-order valence-electron chi connectivity index (χ1n) is 4.22. The highest BCUT2D eigenvalue weighted by Crippen LogP contribution is 1.95. The van der Waals surface area contributed by atoms with Crippen LogP contribution in [0.15, 0.2) is 0 Å². The Morgan fingerprint density at radius 3 is 2.62 bits per heavy atom. The van der Waals surface area contributed by atoms with Gasteiger partial charge < -0.3 is 9.47 Å². The summed E-state index contributed by atoms with van der Waals surface area (Å²) >= 11 is 0. The zero-order chi connectivity index (χ0) is 8.81. The zero-order valence-electron chi connectivity index (χ0n) is 7.41. The molecule has 1 rings (SSSR count). The van der Waals surface area contributed by atoms with Crippen LogP contribution in [-0.2, 0) is 14.3 Å². The second-order valence-electron chi connectivity index (χ2n) is 2.79. The summed E-state index contributed by atoms with van der Waals surface area (Å²) < 4.78 is 10.0. The fourth-order valence-electron chi connectivity index (χ4n) is 1.14. The summed E-state index contributed by atoms with van der Waals surface area (Å²) in [5.74, 6) is -0.205. The molecule has 13 heavy (non-hydrogen) atoms. The molecule has 0 aromatic carbocycles. The van der Waals surface area contributed by atoms with E-state index < -0.39 is 0 Å². The van der Waals surface area contributed by atoms with Crippen molar-refractivity contribution >= 4 is 5.97 Å². The van der Waals surface area contributed by atoms with E-state index in [-0.39, 0.29) is 13.4 Å². The molecule has 1 aliphatic rings. The molecule has 0 aromatic heterocycles. The number of morpholine rings is 1. The number of ether oxygens (including phenoxy) is 2. The fourth-order valence-corrected chi connectivity index (χ4v) is 1.14. The zero-order valence-corrected chi connectivity index (χ0v) is 7.41. The first kappa shape index (κ1) is 12.4. The lowest BCUT2D eigenvalue weighted by atomic mass is 10.4. The van der Waals surface area contributed by atoms with Gasteiger partial charge in [0.1, 0.15) is 6.61 Å². The smallest absolute Gasteiger partial charge is 0.302 e. The molecule has 0 saturated carbocycles. The molecule has 0 unspecified atom stereocenters. The van der Waals surface area contributed by atoms with Gasteiger partial charge in [0.2, 0.25) is 0 Å². The molecule has 1 heterocycles. The van der Waals surface area contributed by atoms with Crippen LogP contribution in [0.3, 0.4) is 0 Å². The van der Waals surface area contributed by atoms with Crippen LogP contribution in [0, 0.1) is 0 Å². The minimum Gasteiger partial charge on any atom is -0.465 e. The molecule has 1 aliphatic heterocycles. The van der Waals surface area contributed by atoms with E-state index in [1.54, 1.807) is 0 Å². The van der Waals surface area contributed by atoms with E-state index in [0.29, 0.717) is 6.61 Å². The van der Waals surface area contributed by atoms with Crippen molar-refractivity contribution in [3.05, 3.63) is 0 Å². The lowest BCUT2D eigenvalue weighted by molar-refractivity contribution is -0.141. The van der Waals surface area contributed by atoms with Gasteiger partial charge in [-0.3, -0.25) is 9.69 Å². The maximum Gasteiger partial charge on any atom is 0.302 e. The molecule has 0 N–H and O–H groups in total. The highest BCUT2D eigenvalue weighted by molar-refractivity contribution is 5.65. The van der Waals surface area contributed by atoms with Crippen LogP contribution < -0.4 is 0 Å². The summed E-state index contributed by atoms with van der Waals surface area (Å²) in [4.78, 5) is 12.6. The fraction of sp³-hybridized carbons (Fsp3) is 0.889. The van der Waals surface area contributed by atoms with Crippen molar-refractivity contribution in [1.82, 2.24) is 4.90 Å². The van der Waals surface area contributed by atoms with Gasteiger partial charge in [-0.2, -0.15) is 0 Å². The van der Waals surface area contributed by atoms with E-state index in [1.165, 1.54) is 6.92 Å². The molecule has 0 spiro atoms. The maximum absolute atomic E-state index is 10.4. The number of carbonyl (C=O) groups excluding carboxylic acids is 1. The Kier molecular flexibility index (Phi) is 6.54. The third kappa shape index (κ3) is 5.60. The Morgan fingerprint density at radius 2 is 2.08 bits per heavy atom. The number of hydrogen-bond donors (Lipinski definition) is 0. The average Bonchev–Trinajstić information content (AvgIpc) is 2.05.